The van der Waals surface area contributed by atoms with Gasteiger partial charge in [0, 0.05) is 21.1 Å². The zero-order valence-electron chi connectivity index (χ0n) is 16.9. The zero-order valence-corrected chi connectivity index (χ0v) is 20.9. The normalized spacial score (nSPS) is 16.1. The Balaban J connectivity index is 1.40. The minimum Gasteiger partial charge on any atom is -0.488 e. The number of nitrogens with zero attached hydrogens (tertiary/aromatic N) is 1. The molecule has 1 amide bonds. The lowest BCUT2D eigenvalue weighted by Crippen LogP contribution is -2.27. The summed E-state index contributed by atoms with van der Waals surface area (Å²) in [5.74, 6) is 1.70. The summed E-state index contributed by atoms with van der Waals surface area (Å²) in [5.41, 5.74) is 2.39. The molecule has 0 spiro atoms. The van der Waals surface area contributed by atoms with Crippen LogP contribution in [0.15, 0.2) is 70.0 Å². The van der Waals surface area contributed by atoms with Crippen LogP contribution >= 0.6 is 51.5 Å². The van der Waals surface area contributed by atoms with E-state index in [0.29, 0.717) is 43.8 Å². The molecule has 0 N–H and O–H groups in total. The zero-order chi connectivity index (χ0) is 22.9. The molecule has 2 aliphatic rings. The maximum Gasteiger partial charge on any atom is 0.270 e. The van der Waals surface area contributed by atoms with Gasteiger partial charge in [-0.05, 0) is 54.1 Å². The highest BCUT2D eigenvalue weighted by Crippen LogP contribution is 2.41. The number of fused-ring (bicyclic) bond motifs is 1. The number of halogens is 2. The molecule has 5 nitrogen and oxygen atoms in total. The van der Waals surface area contributed by atoms with Crippen LogP contribution in [0.25, 0.3) is 6.08 Å². The highest BCUT2D eigenvalue weighted by Gasteiger charge is 2.34. The standard InChI is InChI=1S/C24H15BrClNO4S2/c25-16-3-7-19(29-12-14-1-4-17(26)5-2-14)15(9-16)10-22-23(28)27(24(32)33-22)18-6-8-20-21(11-18)31-13-30-20/h1-11H,12-13H2/b22-10+. The van der Waals surface area contributed by atoms with Crippen LogP contribution < -0.4 is 19.1 Å². The van der Waals surface area contributed by atoms with Gasteiger partial charge in [-0.3, -0.25) is 9.69 Å². The van der Waals surface area contributed by atoms with E-state index in [-0.39, 0.29) is 12.7 Å². The number of hydrogen-bond donors (Lipinski definition) is 0. The largest absolute Gasteiger partial charge is 0.488 e. The Kier molecular flexibility index (Phi) is 6.34. The maximum absolute atomic E-state index is 13.2. The molecule has 1 fully saturated rings. The molecule has 166 valence electrons. The van der Waals surface area contributed by atoms with Crippen molar-refractivity contribution in [3.05, 3.63) is 86.2 Å². The molecule has 3 aromatic rings. The molecule has 33 heavy (non-hydrogen) atoms. The summed E-state index contributed by atoms with van der Waals surface area (Å²) in [6.07, 6.45) is 1.80. The first kappa shape index (κ1) is 22.3. The lowest BCUT2D eigenvalue weighted by atomic mass is 10.1. The van der Waals surface area contributed by atoms with E-state index in [1.165, 1.54) is 16.7 Å². The second-order valence-corrected chi connectivity index (χ2v) is 10.2. The van der Waals surface area contributed by atoms with Gasteiger partial charge in [0.2, 0.25) is 6.79 Å². The predicted molar refractivity (Wildman–Crippen MR) is 138 cm³/mol. The summed E-state index contributed by atoms with van der Waals surface area (Å²) in [5, 5.41) is 0.674. The van der Waals surface area contributed by atoms with Crippen LogP contribution in [0.3, 0.4) is 0 Å². The van der Waals surface area contributed by atoms with Crippen LogP contribution in [0, 0.1) is 0 Å². The fraction of sp³-hybridized carbons (Fsp3) is 0.0833. The second kappa shape index (κ2) is 9.38. The molecule has 0 unspecified atom stereocenters. The van der Waals surface area contributed by atoms with E-state index in [4.69, 9.17) is 38.0 Å². The van der Waals surface area contributed by atoms with Crippen molar-refractivity contribution in [3.63, 3.8) is 0 Å². The molecule has 0 aliphatic carbocycles. The smallest absolute Gasteiger partial charge is 0.270 e. The lowest BCUT2D eigenvalue weighted by Gasteiger charge is -2.15. The molecule has 2 heterocycles. The van der Waals surface area contributed by atoms with Crippen molar-refractivity contribution in [2.75, 3.05) is 11.7 Å². The Morgan fingerprint density at radius 2 is 1.88 bits per heavy atom. The third kappa shape index (κ3) is 4.75. The molecular formula is C24H15BrClNO4S2. The Morgan fingerprint density at radius 3 is 2.70 bits per heavy atom. The molecule has 3 aromatic carbocycles. The van der Waals surface area contributed by atoms with Gasteiger partial charge < -0.3 is 14.2 Å². The average Bonchev–Trinajstić information content (AvgIpc) is 3.37. The summed E-state index contributed by atoms with van der Waals surface area (Å²) in [6, 6.07) is 18.5. The summed E-state index contributed by atoms with van der Waals surface area (Å²) >= 11 is 16.2. The number of benzene rings is 3. The molecule has 9 heteroatoms. The van der Waals surface area contributed by atoms with E-state index in [1.54, 1.807) is 24.3 Å². The number of thiocarbonyl (C=S) groups is 1. The molecule has 0 bridgehead atoms. The number of ether oxygens (including phenoxy) is 3. The van der Waals surface area contributed by atoms with Crippen LogP contribution in [-0.4, -0.2) is 17.0 Å². The summed E-state index contributed by atoms with van der Waals surface area (Å²) in [4.78, 5) is 15.2. The van der Waals surface area contributed by atoms with Crippen molar-refractivity contribution in [1.29, 1.82) is 0 Å². The van der Waals surface area contributed by atoms with Crippen molar-refractivity contribution in [1.82, 2.24) is 0 Å². The van der Waals surface area contributed by atoms with Crippen molar-refractivity contribution in [2.45, 2.75) is 6.61 Å². The third-order valence-corrected chi connectivity index (χ3v) is 7.02. The van der Waals surface area contributed by atoms with Gasteiger partial charge in [-0.1, -0.05) is 63.6 Å². The van der Waals surface area contributed by atoms with E-state index in [9.17, 15) is 4.79 Å². The number of hydrogen-bond acceptors (Lipinski definition) is 6. The maximum atomic E-state index is 13.2. The highest BCUT2D eigenvalue weighted by atomic mass is 79.9. The van der Waals surface area contributed by atoms with Crippen molar-refractivity contribution in [3.8, 4) is 17.2 Å². The number of anilines is 1. The minimum atomic E-state index is -0.201. The van der Waals surface area contributed by atoms with Crippen LogP contribution in [0.5, 0.6) is 17.2 Å². The first-order valence-electron chi connectivity index (χ1n) is 9.82. The van der Waals surface area contributed by atoms with Gasteiger partial charge in [-0.2, -0.15) is 0 Å². The molecular weight excluding hydrogens is 546 g/mol. The topological polar surface area (TPSA) is 48.0 Å². The van der Waals surface area contributed by atoms with Crippen LogP contribution in [0.4, 0.5) is 5.69 Å². The van der Waals surface area contributed by atoms with Gasteiger partial charge in [0.05, 0.1) is 10.6 Å². The Labute approximate surface area is 213 Å². The minimum absolute atomic E-state index is 0.165. The van der Waals surface area contributed by atoms with Gasteiger partial charge in [0.15, 0.2) is 15.8 Å². The third-order valence-electron chi connectivity index (χ3n) is 4.97. The quantitative estimate of drug-likeness (QED) is 0.252. The molecule has 5 rings (SSSR count). The van der Waals surface area contributed by atoms with E-state index in [2.05, 4.69) is 15.9 Å². The highest BCUT2D eigenvalue weighted by molar-refractivity contribution is 9.10. The number of amides is 1. The number of carbonyl (C=O) groups excluding carboxylic acids is 1. The van der Waals surface area contributed by atoms with Gasteiger partial charge in [0.25, 0.3) is 5.91 Å². The van der Waals surface area contributed by atoms with Crippen LogP contribution in [0.2, 0.25) is 5.02 Å². The average molecular weight is 561 g/mol. The van der Waals surface area contributed by atoms with Gasteiger partial charge >= 0.3 is 0 Å². The Morgan fingerprint density at radius 1 is 1.09 bits per heavy atom. The van der Waals surface area contributed by atoms with E-state index >= 15 is 0 Å². The van der Waals surface area contributed by atoms with Crippen LogP contribution in [-0.2, 0) is 11.4 Å². The summed E-state index contributed by atoms with van der Waals surface area (Å²) in [6.45, 7) is 0.538. The number of thioether (sulfide) groups is 1. The molecule has 0 radical (unpaired) electrons. The Hall–Kier alpha value is -2.52. The second-order valence-electron chi connectivity index (χ2n) is 7.15. The molecule has 0 saturated carbocycles. The molecule has 0 aromatic heterocycles. The summed E-state index contributed by atoms with van der Waals surface area (Å²) < 4.78 is 18.2. The number of rotatable bonds is 5. The van der Waals surface area contributed by atoms with Gasteiger partial charge in [-0.25, -0.2) is 0 Å². The molecule has 2 aliphatic heterocycles. The molecule has 1 saturated heterocycles. The van der Waals surface area contributed by atoms with Crippen molar-refractivity contribution < 1.29 is 19.0 Å². The first-order valence-corrected chi connectivity index (χ1v) is 12.2. The van der Waals surface area contributed by atoms with Crippen molar-refractivity contribution >= 4 is 73.5 Å². The fourth-order valence-corrected chi connectivity index (χ4v) is 5.16. The SMILES string of the molecule is O=C1/C(=C\c2cc(Br)ccc2OCc2ccc(Cl)cc2)SC(=S)N1c1ccc2c(c1)OCO2. The van der Waals surface area contributed by atoms with E-state index in [1.807, 2.05) is 42.5 Å². The Bertz CT molecular complexity index is 1300. The van der Waals surface area contributed by atoms with Gasteiger partial charge in [-0.15, -0.1) is 0 Å². The predicted octanol–water partition coefficient (Wildman–Crippen LogP) is 6.82. The fourth-order valence-electron chi connectivity index (χ4n) is 3.36. The molecule has 0 atom stereocenters. The first-order chi connectivity index (χ1) is 16.0. The van der Waals surface area contributed by atoms with E-state index in [0.717, 1.165) is 15.6 Å². The lowest BCUT2D eigenvalue weighted by molar-refractivity contribution is -0.113. The van der Waals surface area contributed by atoms with Crippen molar-refractivity contribution in [2.24, 2.45) is 0 Å². The van der Waals surface area contributed by atoms with Crippen LogP contribution in [0.1, 0.15) is 11.1 Å². The van der Waals surface area contributed by atoms with Gasteiger partial charge in [0.1, 0.15) is 12.4 Å². The summed E-state index contributed by atoms with van der Waals surface area (Å²) in [7, 11) is 0. The monoisotopic (exact) mass is 559 g/mol. The van der Waals surface area contributed by atoms with E-state index < -0.39 is 0 Å². The number of carbonyl (C=O) groups is 1.